The third kappa shape index (κ3) is 2.86. The molecule has 1 aromatic carbocycles. The summed E-state index contributed by atoms with van der Waals surface area (Å²) in [6.07, 6.45) is 6.18. The molecule has 100 valence electrons. The van der Waals surface area contributed by atoms with E-state index in [0.717, 1.165) is 17.9 Å². The Balaban J connectivity index is 2.30. The first-order chi connectivity index (χ1) is 8.63. The normalized spacial score (nSPS) is 20.2. The van der Waals surface area contributed by atoms with Crippen molar-refractivity contribution in [2.75, 3.05) is 17.2 Å². The minimum absolute atomic E-state index is 0.530. The van der Waals surface area contributed by atoms with E-state index in [4.69, 9.17) is 28.9 Å². The Kier molecular flexibility index (Phi) is 4.63. The molecule has 1 heterocycles. The van der Waals surface area contributed by atoms with Crippen LogP contribution in [0.1, 0.15) is 39.0 Å². The highest BCUT2D eigenvalue weighted by Gasteiger charge is 2.23. The molecule has 1 unspecified atom stereocenters. The van der Waals surface area contributed by atoms with E-state index < -0.39 is 0 Å². The summed E-state index contributed by atoms with van der Waals surface area (Å²) >= 11 is 12.1. The van der Waals surface area contributed by atoms with Gasteiger partial charge in [0.05, 0.1) is 21.4 Å². The van der Waals surface area contributed by atoms with Gasteiger partial charge in [-0.1, -0.05) is 36.5 Å². The molecule has 1 aliphatic rings. The van der Waals surface area contributed by atoms with Crippen molar-refractivity contribution < 1.29 is 0 Å². The molecule has 2 rings (SSSR count). The molecule has 1 fully saturated rings. The van der Waals surface area contributed by atoms with E-state index >= 15 is 0 Å². The zero-order chi connectivity index (χ0) is 13.1. The monoisotopic (exact) mass is 286 g/mol. The minimum atomic E-state index is 0.530. The number of halogens is 2. The molecule has 0 aromatic heterocycles. The lowest BCUT2D eigenvalue weighted by atomic mass is 9.97. The van der Waals surface area contributed by atoms with Gasteiger partial charge in [-0.15, -0.1) is 0 Å². The van der Waals surface area contributed by atoms with Crippen LogP contribution in [0.15, 0.2) is 12.1 Å². The van der Waals surface area contributed by atoms with Crippen molar-refractivity contribution in [3.63, 3.8) is 0 Å². The summed E-state index contributed by atoms with van der Waals surface area (Å²) in [7, 11) is 0. The van der Waals surface area contributed by atoms with Crippen LogP contribution in [0.4, 0.5) is 11.4 Å². The molecule has 0 aliphatic carbocycles. The average molecular weight is 287 g/mol. The fraction of sp³-hybridized carbons (Fsp3) is 0.571. The van der Waals surface area contributed by atoms with Gasteiger partial charge in [-0.3, -0.25) is 0 Å². The number of nitrogens with two attached hydrogens (primary N) is 1. The molecule has 0 bridgehead atoms. The zero-order valence-corrected chi connectivity index (χ0v) is 12.3. The van der Waals surface area contributed by atoms with Gasteiger partial charge in [0, 0.05) is 12.6 Å². The topological polar surface area (TPSA) is 29.3 Å². The van der Waals surface area contributed by atoms with Gasteiger partial charge in [-0.25, -0.2) is 0 Å². The van der Waals surface area contributed by atoms with Gasteiger partial charge in [0.25, 0.3) is 0 Å². The Morgan fingerprint density at radius 2 is 2.00 bits per heavy atom. The Hall–Kier alpha value is -0.600. The first-order valence-corrected chi connectivity index (χ1v) is 7.40. The Bertz CT molecular complexity index is 419. The standard InChI is InChI=1S/C14H20Cl2N2/c1-2-5-10-6-3-4-7-18(10)14-9-12(16)11(15)8-13(14)17/h8-10H,2-7,17H2,1H3. The van der Waals surface area contributed by atoms with Crippen LogP contribution in [0.5, 0.6) is 0 Å². The van der Waals surface area contributed by atoms with Crippen LogP contribution in [0.25, 0.3) is 0 Å². The quantitative estimate of drug-likeness (QED) is 0.814. The zero-order valence-electron chi connectivity index (χ0n) is 10.8. The highest BCUT2D eigenvalue weighted by atomic mass is 35.5. The summed E-state index contributed by atoms with van der Waals surface area (Å²) in [4.78, 5) is 2.41. The number of hydrogen-bond donors (Lipinski definition) is 1. The second-order valence-electron chi connectivity index (χ2n) is 4.96. The van der Waals surface area contributed by atoms with Crippen LogP contribution >= 0.6 is 23.2 Å². The van der Waals surface area contributed by atoms with E-state index in [1.165, 1.54) is 32.1 Å². The maximum absolute atomic E-state index is 6.12. The lowest BCUT2D eigenvalue weighted by Crippen LogP contribution is -2.39. The predicted octanol–water partition coefficient (Wildman–Crippen LogP) is 4.73. The number of nitrogen functional groups attached to an aromatic ring is 1. The van der Waals surface area contributed by atoms with E-state index in [-0.39, 0.29) is 0 Å². The van der Waals surface area contributed by atoms with Crippen molar-refractivity contribution in [3.8, 4) is 0 Å². The molecule has 1 aromatic rings. The number of nitrogens with zero attached hydrogens (tertiary/aromatic N) is 1. The van der Waals surface area contributed by atoms with Crippen LogP contribution in [0.3, 0.4) is 0 Å². The molecule has 0 amide bonds. The molecule has 1 atom stereocenters. The molecule has 4 heteroatoms. The van der Waals surface area contributed by atoms with Crippen molar-refractivity contribution >= 4 is 34.6 Å². The molecule has 1 saturated heterocycles. The van der Waals surface area contributed by atoms with E-state index in [9.17, 15) is 0 Å². The molecular weight excluding hydrogens is 267 g/mol. The largest absolute Gasteiger partial charge is 0.397 e. The summed E-state index contributed by atoms with van der Waals surface area (Å²) < 4.78 is 0. The van der Waals surface area contributed by atoms with Crippen LogP contribution < -0.4 is 10.6 Å². The maximum Gasteiger partial charge on any atom is 0.0618 e. The van der Waals surface area contributed by atoms with Crippen molar-refractivity contribution in [3.05, 3.63) is 22.2 Å². The van der Waals surface area contributed by atoms with Gasteiger partial charge in [0.1, 0.15) is 0 Å². The van der Waals surface area contributed by atoms with Crippen LogP contribution in [0.2, 0.25) is 10.0 Å². The van der Waals surface area contributed by atoms with Crippen molar-refractivity contribution in [1.82, 2.24) is 0 Å². The van der Waals surface area contributed by atoms with Gasteiger partial charge in [-0.2, -0.15) is 0 Å². The molecule has 0 spiro atoms. The molecule has 2 nitrogen and oxygen atoms in total. The van der Waals surface area contributed by atoms with Crippen molar-refractivity contribution in [1.29, 1.82) is 0 Å². The van der Waals surface area contributed by atoms with E-state index in [1.807, 2.05) is 6.07 Å². The highest BCUT2D eigenvalue weighted by Crippen LogP contribution is 2.36. The summed E-state index contributed by atoms with van der Waals surface area (Å²) in [5.41, 5.74) is 7.87. The number of anilines is 2. The molecule has 2 N–H and O–H groups in total. The van der Waals surface area contributed by atoms with E-state index in [2.05, 4.69) is 11.8 Å². The van der Waals surface area contributed by atoms with Gasteiger partial charge < -0.3 is 10.6 Å². The SMILES string of the molecule is CCCC1CCCCN1c1cc(Cl)c(Cl)cc1N. The number of rotatable bonds is 3. The summed E-state index contributed by atoms with van der Waals surface area (Å²) in [5.74, 6) is 0. The second kappa shape index (κ2) is 6.03. The van der Waals surface area contributed by atoms with Gasteiger partial charge in [-0.05, 0) is 37.8 Å². The molecular formula is C14H20Cl2N2. The number of piperidine rings is 1. The number of benzene rings is 1. The molecule has 18 heavy (non-hydrogen) atoms. The average Bonchev–Trinajstić information content (AvgIpc) is 2.35. The lowest BCUT2D eigenvalue weighted by molar-refractivity contribution is 0.435. The Labute approximate surface area is 119 Å². The van der Waals surface area contributed by atoms with Crippen LogP contribution in [-0.2, 0) is 0 Å². The first-order valence-electron chi connectivity index (χ1n) is 6.64. The Morgan fingerprint density at radius 3 is 2.72 bits per heavy atom. The van der Waals surface area contributed by atoms with Crippen LogP contribution in [0, 0.1) is 0 Å². The van der Waals surface area contributed by atoms with Crippen LogP contribution in [-0.4, -0.2) is 12.6 Å². The van der Waals surface area contributed by atoms with Gasteiger partial charge >= 0.3 is 0 Å². The fourth-order valence-corrected chi connectivity index (χ4v) is 3.08. The maximum atomic E-state index is 6.12. The number of hydrogen-bond acceptors (Lipinski definition) is 2. The molecule has 0 radical (unpaired) electrons. The summed E-state index contributed by atoms with van der Waals surface area (Å²) in [6, 6.07) is 4.26. The van der Waals surface area contributed by atoms with Gasteiger partial charge in [0.2, 0.25) is 0 Å². The fourth-order valence-electron chi connectivity index (χ4n) is 2.75. The highest BCUT2D eigenvalue weighted by molar-refractivity contribution is 6.42. The molecule has 1 aliphatic heterocycles. The molecule has 0 saturated carbocycles. The predicted molar refractivity (Wildman–Crippen MR) is 80.8 cm³/mol. The summed E-state index contributed by atoms with van der Waals surface area (Å²) in [6.45, 7) is 3.29. The van der Waals surface area contributed by atoms with Crippen molar-refractivity contribution in [2.24, 2.45) is 0 Å². The van der Waals surface area contributed by atoms with E-state index in [1.54, 1.807) is 6.07 Å². The summed E-state index contributed by atoms with van der Waals surface area (Å²) in [5, 5.41) is 1.11. The lowest BCUT2D eigenvalue weighted by Gasteiger charge is -2.38. The van der Waals surface area contributed by atoms with Crippen molar-refractivity contribution in [2.45, 2.75) is 45.1 Å². The Morgan fingerprint density at radius 1 is 1.28 bits per heavy atom. The third-order valence-electron chi connectivity index (χ3n) is 3.63. The minimum Gasteiger partial charge on any atom is -0.397 e. The second-order valence-corrected chi connectivity index (χ2v) is 5.77. The smallest absolute Gasteiger partial charge is 0.0618 e. The van der Waals surface area contributed by atoms with Gasteiger partial charge in [0.15, 0.2) is 0 Å². The van der Waals surface area contributed by atoms with E-state index in [0.29, 0.717) is 16.1 Å². The third-order valence-corrected chi connectivity index (χ3v) is 4.35. The first kappa shape index (κ1) is 13.8.